The number of carboxylic acid groups (broad SMARTS) is 1. The number of carbonyl (C=O) groups excluding carboxylic acids is 1. The average molecular weight is 305 g/mol. The second-order valence-corrected chi connectivity index (χ2v) is 4.73. The van der Waals surface area contributed by atoms with Crippen molar-refractivity contribution in [3.8, 4) is 0 Å². The number of para-hydroxylation sites is 1. The second kappa shape index (κ2) is 6.76. The summed E-state index contributed by atoms with van der Waals surface area (Å²) in [5.41, 5.74) is 0.975. The van der Waals surface area contributed by atoms with E-state index >= 15 is 0 Å². The Hall–Kier alpha value is -2.53. The summed E-state index contributed by atoms with van der Waals surface area (Å²) >= 11 is 5.84. The molecule has 0 aliphatic carbocycles. The van der Waals surface area contributed by atoms with E-state index in [1.54, 1.807) is 42.5 Å². The van der Waals surface area contributed by atoms with Gasteiger partial charge in [0.1, 0.15) is 0 Å². The van der Waals surface area contributed by atoms with Crippen LogP contribution in [-0.4, -0.2) is 17.1 Å². The molecule has 6 heteroatoms. The molecule has 0 aliphatic heterocycles. The summed E-state index contributed by atoms with van der Waals surface area (Å²) in [4.78, 5) is 23.2. The maximum absolute atomic E-state index is 11.9. The third-order valence-corrected chi connectivity index (χ3v) is 2.97. The van der Waals surface area contributed by atoms with E-state index in [1.165, 1.54) is 6.07 Å². The van der Waals surface area contributed by atoms with Crippen molar-refractivity contribution in [2.45, 2.75) is 6.04 Å². The van der Waals surface area contributed by atoms with E-state index in [1.807, 2.05) is 6.07 Å². The Morgan fingerprint density at radius 2 is 1.76 bits per heavy atom. The molecule has 3 N–H and O–H groups in total. The van der Waals surface area contributed by atoms with Crippen molar-refractivity contribution < 1.29 is 14.7 Å². The number of rotatable bonds is 4. The highest BCUT2D eigenvalue weighted by molar-refractivity contribution is 6.30. The van der Waals surface area contributed by atoms with Gasteiger partial charge in [0.15, 0.2) is 6.04 Å². The van der Waals surface area contributed by atoms with Crippen LogP contribution in [0.4, 0.5) is 10.5 Å². The standard InChI is InChI=1S/C15H13ClN2O3/c16-11-6-4-5-10(9-11)13(14(19)20)18-15(21)17-12-7-2-1-3-8-12/h1-9,13H,(H,19,20)(H2,17,18,21). The molecule has 2 aromatic rings. The van der Waals surface area contributed by atoms with Crippen LogP contribution < -0.4 is 10.6 Å². The number of benzene rings is 2. The average Bonchev–Trinajstić information content (AvgIpc) is 2.45. The van der Waals surface area contributed by atoms with Crippen LogP contribution in [0.3, 0.4) is 0 Å². The Kier molecular flexibility index (Phi) is 4.79. The Labute approximate surface area is 126 Å². The maximum atomic E-state index is 11.9. The Balaban J connectivity index is 2.10. The molecule has 1 unspecified atom stereocenters. The van der Waals surface area contributed by atoms with Gasteiger partial charge >= 0.3 is 12.0 Å². The quantitative estimate of drug-likeness (QED) is 0.811. The lowest BCUT2D eigenvalue weighted by Crippen LogP contribution is -2.36. The summed E-state index contributed by atoms with van der Waals surface area (Å²) in [6.07, 6.45) is 0. The van der Waals surface area contributed by atoms with Crippen molar-refractivity contribution in [1.29, 1.82) is 0 Å². The van der Waals surface area contributed by atoms with E-state index in [0.717, 1.165) is 0 Å². The number of urea groups is 1. The van der Waals surface area contributed by atoms with Crippen molar-refractivity contribution in [1.82, 2.24) is 5.32 Å². The SMILES string of the molecule is O=C(Nc1ccccc1)NC(C(=O)O)c1cccc(Cl)c1. The fourth-order valence-corrected chi connectivity index (χ4v) is 1.99. The van der Waals surface area contributed by atoms with Crippen molar-refractivity contribution in [2.24, 2.45) is 0 Å². The number of amides is 2. The van der Waals surface area contributed by atoms with E-state index < -0.39 is 18.0 Å². The second-order valence-electron chi connectivity index (χ2n) is 4.29. The van der Waals surface area contributed by atoms with Crippen molar-refractivity contribution in [3.63, 3.8) is 0 Å². The van der Waals surface area contributed by atoms with E-state index in [9.17, 15) is 14.7 Å². The lowest BCUT2D eigenvalue weighted by Gasteiger charge is -2.15. The summed E-state index contributed by atoms with van der Waals surface area (Å²) < 4.78 is 0. The first-order chi connectivity index (χ1) is 10.1. The molecule has 0 aliphatic rings. The van der Waals surface area contributed by atoms with Gasteiger partial charge < -0.3 is 15.7 Å². The summed E-state index contributed by atoms with van der Waals surface area (Å²) in [5, 5.41) is 14.6. The zero-order valence-corrected chi connectivity index (χ0v) is 11.7. The molecule has 0 heterocycles. The van der Waals surface area contributed by atoms with Crippen LogP contribution >= 0.6 is 11.6 Å². The van der Waals surface area contributed by atoms with Gasteiger partial charge in [-0.15, -0.1) is 0 Å². The molecule has 0 saturated carbocycles. The van der Waals surface area contributed by atoms with Crippen LogP contribution in [0.5, 0.6) is 0 Å². The molecular weight excluding hydrogens is 292 g/mol. The highest BCUT2D eigenvalue weighted by Crippen LogP contribution is 2.18. The van der Waals surface area contributed by atoms with E-state index in [4.69, 9.17) is 11.6 Å². The summed E-state index contributed by atoms with van der Waals surface area (Å²) in [7, 11) is 0. The van der Waals surface area contributed by atoms with Gasteiger partial charge in [-0.2, -0.15) is 0 Å². The molecule has 5 nitrogen and oxygen atoms in total. The van der Waals surface area contributed by atoms with Gasteiger partial charge in [-0.05, 0) is 29.8 Å². The Morgan fingerprint density at radius 3 is 2.38 bits per heavy atom. The monoisotopic (exact) mass is 304 g/mol. The number of carboxylic acids is 1. The van der Waals surface area contributed by atoms with Gasteiger partial charge in [-0.25, -0.2) is 9.59 Å². The molecule has 2 aromatic carbocycles. The van der Waals surface area contributed by atoms with Crippen molar-refractivity contribution >= 4 is 29.3 Å². The highest BCUT2D eigenvalue weighted by atomic mass is 35.5. The van der Waals surface area contributed by atoms with Gasteiger partial charge in [0.2, 0.25) is 0 Å². The molecule has 0 aromatic heterocycles. The van der Waals surface area contributed by atoms with Gasteiger partial charge in [0.05, 0.1) is 0 Å². The normalized spacial score (nSPS) is 11.5. The molecule has 21 heavy (non-hydrogen) atoms. The highest BCUT2D eigenvalue weighted by Gasteiger charge is 2.22. The largest absolute Gasteiger partial charge is 0.479 e. The smallest absolute Gasteiger partial charge is 0.330 e. The van der Waals surface area contributed by atoms with E-state index in [2.05, 4.69) is 10.6 Å². The molecule has 0 saturated heterocycles. The number of nitrogens with one attached hydrogen (secondary N) is 2. The number of halogens is 1. The van der Waals surface area contributed by atoms with Crippen molar-refractivity contribution in [2.75, 3.05) is 5.32 Å². The molecule has 2 rings (SSSR count). The first-order valence-corrected chi connectivity index (χ1v) is 6.55. The molecule has 2 amide bonds. The van der Waals surface area contributed by atoms with Crippen LogP contribution in [0.1, 0.15) is 11.6 Å². The van der Waals surface area contributed by atoms with Crippen LogP contribution in [0.2, 0.25) is 5.02 Å². The third kappa shape index (κ3) is 4.22. The van der Waals surface area contributed by atoms with Crippen LogP contribution in [-0.2, 0) is 4.79 Å². The van der Waals surface area contributed by atoms with E-state index in [0.29, 0.717) is 16.3 Å². The zero-order valence-electron chi connectivity index (χ0n) is 10.9. The number of hydrogen-bond acceptors (Lipinski definition) is 2. The molecule has 0 fully saturated rings. The topological polar surface area (TPSA) is 78.4 Å². The minimum atomic E-state index is -1.17. The summed E-state index contributed by atoms with van der Waals surface area (Å²) in [6.45, 7) is 0. The van der Waals surface area contributed by atoms with Crippen molar-refractivity contribution in [3.05, 3.63) is 65.2 Å². The van der Waals surface area contributed by atoms with Gasteiger partial charge in [0, 0.05) is 10.7 Å². The van der Waals surface area contributed by atoms with Crippen LogP contribution in [0, 0.1) is 0 Å². The Morgan fingerprint density at radius 1 is 1.05 bits per heavy atom. The predicted molar refractivity (Wildman–Crippen MR) is 80.4 cm³/mol. The van der Waals surface area contributed by atoms with Gasteiger partial charge in [-0.1, -0.05) is 41.9 Å². The number of hydrogen-bond donors (Lipinski definition) is 3. The fourth-order valence-electron chi connectivity index (χ4n) is 1.79. The number of aliphatic carboxylic acids is 1. The lowest BCUT2D eigenvalue weighted by atomic mass is 10.1. The van der Waals surface area contributed by atoms with Crippen LogP contribution in [0.25, 0.3) is 0 Å². The zero-order chi connectivity index (χ0) is 15.2. The van der Waals surface area contributed by atoms with Crippen LogP contribution in [0.15, 0.2) is 54.6 Å². The lowest BCUT2D eigenvalue weighted by molar-refractivity contribution is -0.139. The predicted octanol–water partition coefficient (Wildman–Crippen LogP) is 3.29. The Bertz CT molecular complexity index is 646. The first kappa shape index (κ1) is 14.9. The summed E-state index contributed by atoms with van der Waals surface area (Å²) in [6, 6.07) is 13.3. The van der Waals surface area contributed by atoms with Gasteiger partial charge in [0.25, 0.3) is 0 Å². The maximum Gasteiger partial charge on any atom is 0.330 e. The molecule has 0 bridgehead atoms. The molecule has 0 radical (unpaired) electrons. The van der Waals surface area contributed by atoms with E-state index in [-0.39, 0.29) is 0 Å². The van der Waals surface area contributed by atoms with Gasteiger partial charge in [-0.3, -0.25) is 0 Å². The summed E-state index contributed by atoms with van der Waals surface area (Å²) in [5.74, 6) is -1.17. The minimum Gasteiger partial charge on any atom is -0.479 e. The fraction of sp³-hybridized carbons (Fsp3) is 0.0667. The molecular formula is C15H13ClN2O3. The minimum absolute atomic E-state index is 0.401. The molecule has 108 valence electrons. The number of carbonyl (C=O) groups is 2. The number of anilines is 1. The molecule has 1 atom stereocenters. The molecule has 0 spiro atoms. The first-order valence-electron chi connectivity index (χ1n) is 6.17. The third-order valence-electron chi connectivity index (χ3n) is 2.74.